The van der Waals surface area contributed by atoms with Gasteiger partial charge in [0.15, 0.2) is 0 Å². The number of carbonyl (C=O) groups is 2. The van der Waals surface area contributed by atoms with Crippen LogP contribution in [0.5, 0.6) is 0 Å². The fourth-order valence-corrected chi connectivity index (χ4v) is 5.29. The van der Waals surface area contributed by atoms with Crippen molar-refractivity contribution in [2.24, 2.45) is 0 Å². The Hall–Kier alpha value is -2.38. The average molecular weight is 385 g/mol. The minimum atomic E-state index is -0.159. The molecule has 1 saturated heterocycles. The molecule has 4 rings (SSSR count). The van der Waals surface area contributed by atoms with E-state index >= 15 is 0 Å². The summed E-state index contributed by atoms with van der Waals surface area (Å²) >= 11 is 1.54. The number of carbonyl (C=O) groups excluding carboxylic acids is 2. The second kappa shape index (κ2) is 6.98. The van der Waals surface area contributed by atoms with Gasteiger partial charge in [0.2, 0.25) is 5.91 Å². The number of amides is 2. The molecule has 7 heteroatoms. The summed E-state index contributed by atoms with van der Waals surface area (Å²) in [5, 5.41) is 7.29. The van der Waals surface area contributed by atoms with Gasteiger partial charge in [-0.15, -0.1) is 11.3 Å². The van der Waals surface area contributed by atoms with Crippen molar-refractivity contribution in [2.75, 3.05) is 31.6 Å². The van der Waals surface area contributed by atoms with Gasteiger partial charge < -0.3 is 20.4 Å². The lowest BCUT2D eigenvalue weighted by atomic mass is 10.1. The van der Waals surface area contributed by atoms with E-state index in [1.165, 1.54) is 17.4 Å². The zero-order valence-electron chi connectivity index (χ0n) is 15.6. The molecule has 0 saturated carbocycles. The van der Waals surface area contributed by atoms with Crippen LogP contribution < -0.4 is 15.5 Å². The first-order chi connectivity index (χ1) is 13.0. The van der Waals surface area contributed by atoms with Crippen LogP contribution in [-0.2, 0) is 4.79 Å². The third-order valence-corrected chi connectivity index (χ3v) is 6.45. The molecule has 0 radical (unpaired) electrons. The molecular weight excluding hydrogens is 360 g/mol. The van der Waals surface area contributed by atoms with Crippen LogP contribution in [0.1, 0.15) is 16.6 Å². The maximum Gasteiger partial charge on any atom is 0.263 e. The molecule has 0 unspecified atom stereocenters. The van der Waals surface area contributed by atoms with E-state index in [1.54, 1.807) is 0 Å². The van der Waals surface area contributed by atoms with Gasteiger partial charge in [0.05, 0.1) is 17.8 Å². The van der Waals surface area contributed by atoms with Gasteiger partial charge in [-0.3, -0.25) is 9.59 Å². The number of thiophene rings is 1. The van der Waals surface area contributed by atoms with Crippen molar-refractivity contribution in [3.8, 4) is 0 Å². The molecule has 2 N–H and O–H groups in total. The van der Waals surface area contributed by atoms with Crippen LogP contribution in [0.25, 0.3) is 10.1 Å². The van der Waals surface area contributed by atoms with Crippen molar-refractivity contribution in [2.45, 2.75) is 25.0 Å². The molecule has 0 bridgehead atoms. The summed E-state index contributed by atoms with van der Waals surface area (Å²) in [4.78, 5) is 30.1. The van der Waals surface area contributed by atoms with E-state index in [9.17, 15) is 9.59 Å². The molecule has 0 spiro atoms. The molecule has 3 heterocycles. The third kappa shape index (κ3) is 3.21. The van der Waals surface area contributed by atoms with Crippen molar-refractivity contribution in [3.05, 3.63) is 41.8 Å². The molecule has 2 aliphatic rings. The quantitative estimate of drug-likeness (QED) is 0.793. The first-order valence-corrected chi connectivity index (χ1v) is 10.00. The van der Waals surface area contributed by atoms with E-state index < -0.39 is 0 Å². The number of benzene rings is 1. The third-order valence-electron chi connectivity index (χ3n) is 5.30. The predicted octanol–water partition coefficient (Wildman–Crippen LogP) is 1.82. The molecule has 2 aromatic rings. The highest BCUT2D eigenvalue weighted by Crippen LogP contribution is 2.41. The summed E-state index contributed by atoms with van der Waals surface area (Å²) in [5.74, 6) is -0.174. The van der Waals surface area contributed by atoms with Crippen molar-refractivity contribution < 1.29 is 9.59 Å². The number of nitrogens with zero attached hydrogens (tertiary/aromatic N) is 2. The Bertz CT molecular complexity index is 909. The zero-order valence-corrected chi connectivity index (χ0v) is 16.4. The molecule has 1 fully saturated rings. The fraction of sp³-hybridized carbons (Fsp3) is 0.400. The lowest BCUT2D eigenvalue weighted by Gasteiger charge is -2.35. The molecule has 142 valence electrons. The molecule has 2 aliphatic heterocycles. The van der Waals surface area contributed by atoms with Gasteiger partial charge in [-0.05, 0) is 26.1 Å². The number of likely N-dealkylation sites (N-methyl/N-ethyl adjacent to an activating group) is 1. The van der Waals surface area contributed by atoms with E-state index in [2.05, 4.69) is 46.2 Å². The van der Waals surface area contributed by atoms with Gasteiger partial charge in [0.25, 0.3) is 5.91 Å². The largest absolute Gasteiger partial charge is 0.361 e. The Labute approximate surface area is 162 Å². The summed E-state index contributed by atoms with van der Waals surface area (Å²) in [6.45, 7) is 7.90. The standard InChI is InChI=1S/C20H24N4O2S/c1-4-17(25)22-14-10-23(3)11-15(14)24-9-12(2)21-20(26)19-18(24)13-7-5-6-8-16(13)27-19/h4-8,12,14-15H,1,9-11H2,2-3H3,(H,21,26)(H,22,25)/t12-,14+,15-/m1/s1. The first-order valence-electron chi connectivity index (χ1n) is 9.18. The molecule has 27 heavy (non-hydrogen) atoms. The van der Waals surface area contributed by atoms with Crippen LogP contribution in [0.3, 0.4) is 0 Å². The normalized spacial score (nSPS) is 25.8. The molecule has 3 atom stereocenters. The highest BCUT2D eigenvalue weighted by Gasteiger charge is 2.40. The van der Waals surface area contributed by atoms with Crippen molar-refractivity contribution >= 4 is 38.9 Å². The Morgan fingerprint density at radius 1 is 1.33 bits per heavy atom. The zero-order chi connectivity index (χ0) is 19.1. The van der Waals surface area contributed by atoms with E-state index in [4.69, 9.17) is 0 Å². The van der Waals surface area contributed by atoms with Crippen LogP contribution in [-0.4, -0.2) is 61.5 Å². The van der Waals surface area contributed by atoms with Crippen LogP contribution in [0.15, 0.2) is 36.9 Å². The van der Waals surface area contributed by atoms with Crippen LogP contribution in [0.2, 0.25) is 0 Å². The topological polar surface area (TPSA) is 64.7 Å². The van der Waals surface area contributed by atoms with Gasteiger partial charge in [-0.25, -0.2) is 0 Å². The molecule has 1 aromatic carbocycles. The van der Waals surface area contributed by atoms with Crippen molar-refractivity contribution in [3.63, 3.8) is 0 Å². The SMILES string of the molecule is C=CC(=O)N[C@H]1CN(C)C[C@H]1N1C[C@@H](C)NC(=O)c2sc3ccccc3c21. The first kappa shape index (κ1) is 18.0. The number of anilines is 1. The van der Waals surface area contributed by atoms with E-state index in [1.807, 2.05) is 19.1 Å². The predicted molar refractivity (Wildman–Crippen MR) is 110 cm³/mol. The number of fused-ring (bicyclic) bond motifs is 3. The molecule has 1 aromatic heterocycles. The van der Waals surface area contributed by atoms with Crippen LogP contribution in [0.4, 0.5) is 5.69 Å². The van der Waals surface area contributed by atoms with E-state index in [0.29, 0.717) is 6.54 Å². The fourth-order valence-electron chi connectivity index (χ4n) is 4.17. The second-order valence-electron chi connectivity index (χ2n) is 7.41. The maximum absolute atomic E-state index is 12.8. The Morgan fingerprint density at radius 2 is 2.11 bits per heavy atom. The molecule has 2 amide bonds. The highest BCUT2D eigenvalue weighted by atomic mass is 32.1. The second-order valence-corrected chi connectivity index (χ2v) is 8.46. The molecular formula is C20H24N4O2S. The van der Waals surface area contributed by atoms with Crippen molar-refractivity contribution in [1.82, 2.24) is 15.5 Å². The minimum absolute atomic E-state index is 0.0146. The number of hydrogen-bond donors (Lipinski definition) is 2. The lowest BCUT2D eigenvalue weighted by molar-refractivity contribution is -0.117. The van der Waals surface area contributed by atoms with Crippen molar-refractivity contribution in [1.29, 1.82) is 0 Å². The van der Waals surface area contributed by atoms with E-state index in [-0.39, 0.29) is 29.9 Å². The monoisotopic (exact) mass is 384 g/mol. The minimum Gasteiger partial charge on any atom is -0.361 e. The summed E-state index contributed by atoms with van der Waals surface area (Å²) in [6.07, 6.45) is 1.32. The molecule has 0 aliphatic carbocycles. The van der Waals surface area contributed by atoms with Gasteiger partial charge in [-0.1, -0.05) is 24.8 Å². The Balaban J connectivity index is 1.81. The Kier molecular flexibility index (Phi) is 4.65. The highest BCUT2D eigenvalue weighted by molar-refractivity contribution is 7.21. The average Bonchev–Trinajstić information content (AvgIpc) is 3.16. The Morgan fingerprint density at radius 3 is 2.89 bits per heavy atom. The maximum atomic E-state index is 12.8. The molecule has 6 nitrogen and oxygen atoms in total. The van der Waals surface area contributed by atoms with Gasteiger partial charge in [0, 0.05) is 35.8 Å². The van der Waals surface area contributed by atoms with Gasteiger partial charge >= 0.3 is 0 Å². The van der Waals surface area contributed by atoms with Gasteiger partial charge in [-0.2, -0.15) is 0 Å². The lowest BCUT2D eigenvalue weighted by Crippen LogP contribution is -2.53. The summed E-state index contributed by atoms with van der Waals surface area (Å²) in [5.41, 5.74) is 0.996. The van der Waals surface area contributed by atoms with Crippen LogP contribution in [0, 0.1) is 0 Å². The number of hydrogen-bond acceptors (Lipinski definition) is 5. The smallest absolute Gasteiger partial charge is 0.263 e. The summed E-state index contributed by atoms with van der Waals surface area (Å²) < 4.78 is 1.11. The number of rotatable bonds is 3. The van der Waals surface area contributed by atoms with E-state index in [0.717, 1.165) is 33.7 Å². The number of nitrogens with one attached hydrogen (secondary N) is 2. The summed E-state index contributed by atoms with van der Waals surface area (Å²) in [7, 11) is 2.06. The number of likely N-dealkylation sites (tertiary alicyclic amines) is 1. The van der Waals surface area contributed by atoms with Crippen LogP contribution >= 0.6 is 11.3 Å². The summed E-state index contributed by atoms with van der Waals surface area (Å²) in [6, 6.07) is 8.24. The van der Waals surface area contributed by atoms with Gasteiger partial charge in [0.1, 0.15) is 4.88 Å².